The lowest BCUT2D eigenvalue weighted by atomic mass is 10.1. The van der Waals surface area contributed by atoms with Gasteiger partial charge < -0.3 is 9.74 Å². The van der Waals surface area contributed by atoms with E-state index in [1.807, 2.05) is 0 Å². The zero-order chi connectivity index (χ0) is 14.4. The van der Waals surface area contributed by atoms with E-state index in [4.69, 9.17) is 4.43 Å². The number of amides is 1. The van der Waals surface area contributed by atoms with Crippen LogP contribution in [0.3, 0.4) is 0 Å². The minimum Gasteiger partial charge on any atom is -0.543 e. The minimum absolute atomic E-state index is 0.102. The highest BCUT2D eigenvalue weighted by molar-refractivity contribution is 6.74. The lowest BCUT2D eigenvalue weighted by Crippen LogP contribution is -2.43. The normalized spacial score (nSPS) is 15.2. The average Bonchev–Trinajstić information content (AvgIpc) is 2.52. The van der Waals surface area contributed by atoms with Gasteiger partial charge in [-0.25, -0.2) is 0 Å². The third-order valence-corrected chi connectivity index (χ3v) is 8.23. The molecule has 0 saturated carbocycles. The Morgan fingerprint density at radius 3 is 2.37 bits per heavy atom. The van der Waals surface area contributed by atoms with Crippen molar-refractivity contribution >= 4 is 25.7 Å². The first-order valence-electron chi connectivity index (χ1n) is 6.30. The fourth-order valence-electron chi connectivity index (χ4n) is 1.64. The first-order chi connectivity index (χ1) is 8.62. The maximum atomic E-state index is 11.5. The van der Waals surface area contributed by atoms with Crippen LogP contribution in [0.1, 0.15) is 31.1 Å². The molecule has 2 rings (SSSR count). The summed E-state index contributed by atoms with van der Waals surface area (Å²) in [6.07, 6.45) is 0. The molecule has 0 spiro atoms. The maximum Gasteiger partial charge on any atom is 0.296 e. The van der Waals surface area contributed by atoms with Crippen molar-refractivity contribution in [1.82, 2.24) is 0 Å². The molecule has 0 aromatic heterocycles. The largest absolute Gasteiger partial charge is 0.543 e. The number of anilines is 1. The predicted molar refractivity (Wildman–Crippen MR) is 77.2 cm³/mol. The Morgan fingerprint density at radius 2 is 1.79 bits per heavy atom. The topological polar surface area (TPSA) is 55.4 Å². The van der Waals surface area contributed by atoms with Gasteiger partial charge in [-0.1, -0.05) is 20.8 Å². The molecule has 1 aromatic carbocycles. The molecule has 5 heteroatoms. The van der Waals surface area contributed by atoms with Gasteiger partial charge in [-0.05, 0) is 30.3 Å². The monoisotopic (exact) mass is 277 g/mol. The van der Waals surface area contributed by atoms with Crippen molar-refractivity contribution in [2.45, 2.75) is 38.9 Å². The number of carbonyl (C=O) groups is 2. The van der Waals surface area contributed by atoms with Gasteiger partial charge in [0.2, 0.25) is 8.32 Å². The van der Waals surface area contributed by atoms with Gasteiger partial charge in [-0.2, -0.15) is 0 Å². The average molecular weight is 277 g/mol. The van der Waals surface area contributed by atoms with Gasteiger partial charge in [0.25, 0.3) is 11.7 Å². The van der Waals surface area contributed by atoms with E-state index in [0.717, 1.165) is 0 Å². The van der Waals surface area contributed by atoms with Crippen molar-refractivity contribution in [3.05, 3.63) is 23.8 Å². The Bertz CT molecular complexity index is 558. The molecule has 19 heavy (non-hydrogen) atoms. The third-order valence-electron chi connectivity index (χ3n) is 3.87. The molecule has 102 valence electrons. The molecule has 1 aliphatic rings. The molecule has 1 heterocycles. The Morgan fingerprint density at radius 1 is 1.16 bits per heavy atom. The van der Waals surface area contributed by atoms with Crippen LogP contribution < -0.4 is 9.74 Å². The molecule has 0 aliphatic carbocycles. The van der Waals surface area contributed by atoms with Gasteiger partial charge in [0.1, 0.15) is 5.75 Å². The summed E-state index contributed by atoms with van der Waals surface area (Å²) in [5, 5.41) is 2.66. The van der Waals surface area contributed by atoms with E-state index >= 15 is 0 Å². The fraction of sp³-hybridized carbons (Fsp3) is 0.429. The number of hydrogen-bond acceptors (Lipinski definition) is 3. The van der Waals surface area contributed by atoms with Crippen molar-refractivity contribution in [2.75, 3.05) is 5.32 Å². The second-order valence-corrected chi connectivity index (χ2v) is 11.1. The van der Waals surface area contributed by atoms with Crippen molar-refractivity contribution in [2.24, 2.45) is 0 Å². The lowest BCUT2D eigenvalue weighted by Gasteiger charge is -2.36. The summed E-state index contributed by atoms with van der Waals surface area (Å²) in [5.74, 6) is -0.339. The molecule has 1 N–H and O–H groups in total. The summed E-state index contributed by atoms with van der Waals surface area (Å²) < 4.78 is 6.14. The number of carbonyl (C=O) groups excluding carboxylic acids is 2. The van der Waals surface area contributed by atoms with Gasteiger partial charge in [-0.3, -0.25) is 9.59 Å². The van der Waals surface area contributed by atoms with E-state index in [1.54, 1.807) is 18.2 Å². The Balaban J connectivity index is 2.29. The van der Waals surface area contributed by atoms with Crippen molar-refractivity contribution in [3.63, 3.8) is 0 Å². The van der Waals surface area contributed by atoms with Crippen molar-refractivity contribution in [3.8, 4) is 5.75 Å². The smallest absolute Gasteiger partial charge is 0.296 e. The molecular weight excluding hydrogens is 258 g/mol. The SMILES string of the molecule is CC(C)(C)[Si](C)(C)Oc1ccc2c(c1)NC(=O)C2=O. The number of Topliss-reactive ketones (excluding diaryl/α,β-unsaturated/α-hetero) is 1. The summed E-state index contributed by atoms with van der Waals surface area (Å²) in [7, 11) is -1.91. The third kappa shape index (κ3) is 2.42. The van der Waals surface area contributed by atoms with Crippen LogP contribution in [0, 0.1) is 0 Å². The second kappa shape index (κ2) is 4.20. The predicted octanol–water partition coefficient (Wildman–Crippen LogP) is 3.21. The Hall–Kier alpha value is -1.62. The summed E-state index contributed by atoms with van der Waals surface area (Å²) in [6.45, 7) is 10.8. The Kier molecular flexibility index (Phi) is 3.05. The zero-order valence-corrected chi connectivity index (χ0v) is 13.0. The molecule has 1 aromatic rings. The zero-order valence-electron chi connectivity index (χ0n) is 12.0. The quantitative estimate of drug-likeness (QED) is 0.667. The van der Waals surface area contributed by atoms with E-state index < -0.39 is 20.0 Å². The molecule has 0 bridgehead atoms. The molecule has 4 nitrogen and oxygen atoms in total. The van der Waals surface area contributed by atoms with E-state index in [9.17, 15) is 9.59 Å². The maximum absolute atomic E-state index is 11.5. The van der Waals surface area contributed by atoms with E-state index in [2.05, 4.69) is 39.2 Å². The summed E-state index contributed by atoms with van der Waals surface area (Å²) >= 11 is 0. The summed E-state index contributed by atoms with van der Waals surface area (Å²) in [4.78, 5) is 22.8. The first-order valence-corrected chi connectivity index (χ1v) is 9.21. The van der Waals surface area contributed by atoms with Crippen molar-refractivity contribution < 1.29 is 14.0 Å². The Labute approximate surface area is 114 Å². The van der Waals surface area contributed by atoms with Gasteiger partial charge in [-0.15, -0.1) is 0 Å². The van der Waals surface area contributed by atoms with E-state index in [1.165, 1.54) is 0 Å². The molecule has 0 unspecified atom stereocenters. The fourth-order valence-corrected chi connectivity index (χ4v) is 2.66. The molecule has 1 aliphatic heterocycles. The highest BCUT2D eigenvalue weighted by atomic mass is 28.4. The number of rotatable bonds is 2. The van der Waals surface area contributed by atoms with Gasteiger partial charge in [0.05, 0.1) is 11.3 Å². The van der Waals surface area contributed by atoms with Gasteiger partial charge >= 0.3 is 0 Å². The highest BCUT2D eigenvalue weighted by Gasteiger charge is 2.39. The van der Waals surface area contributed by atoms with Crippen LogP contribution in [0.4, 0.5) is 5.69 Å². The van der Waals surface area contributed by atoms with Crippen LogP contribution in [0.2, 0.25) is 18.1 Å². The number of nitrogens with one attached hydrogen (secondary N) is 1. The molecule has 1 amide bonds. The number of hydrogen-bond donors (Lipinski definition) is 1. The van der Waals surface area contributed by atoms with Crippen LogP contribution in [0.25, 0.3) is 0 Å². The van der Waals surface area contributed by atoms with Gasteiger partial charge in [0, 0.05) is 6.07 Å². The molecule has 0 atom stereocenters. The standard InChI is InChI=1S/C14H19NO3Si/c1-14(2,3)19(4,5)18-9-6-7-10-11(8-9)15-13(17)12(10)16/h6-8H,1-5H3,(H,15,16,17). The van der Waals surface area contributed by atoms with Gasteiger partial charge in [0.15, 0.2) is 0 Å². The van der Waals surface area contributed by atoms with Crippen LogP contribution in [0.5, 0.6) is 5.75 Å². The molecule has 0 fully saturated rings. The van der Waals surface area contributed by atoms with Crippen molar-refractivity contribution in [1.29, 1.82) is 0 Å². The van der Waals surface area contributed by atoms with Crippen LogP contribution >= 0.6 is 0 Å². The van der Waals surface area contributed by atoms with Crippen LogP contribution in [-0.4, -0.2) is 20.0 Å². The highest BCUT2D eigenvalue weighted by Crippen LogP contribution is 2.38. The van der Waals surface area contributed by atoms with E-state index in [-0.39, 0.29) is 5.04 Å². The summed E-state index contributed by atoms with van der Waals surface area (Å²) in [5.41, 5.74) is 0.971. The molecule has 0 radical (unpaired) electrons. The lowest BCUT2D eigenvalue weighted by molar-refractivity contribution is -0.112. The van der Waals surface area contributed by atoms with Crippen LogP contribution in [-0.2, 0) is 4.79 Å². The van der Waals surface area contributed by atoms with Crippen LogP contribution in [0.15, 0.2) is 18.2 Å². The van der Waals surface area contributed by atoms with E-state index in [0.29, 0.717) is 17.0 Å². The molecular formula is C14H19NO3Si. The number of ketones is 1. The number of benzene rings is 1. The first kappa shape index (κ1) is 13.8. The summed E-state index contributed by atoms with van der Waals surface area (Å²) in [6, 6.07) is 5.15. The molecule has 0 saturated heterocycles. The number of fused-ring (bicyclic) bond motifs is 1. The minimum atomic E-state index is -1.91. The second-order valence-electron chi connectivity index (χ2n) is 6.35.